The first-order valence-electron chi connectivity index (χ1n) is 15.1. The normalized spacial score (nSPS) is 17.5. The zero-order chi connectivity index (χ0) is 30.5. The predicted molar refractivity (Wildman–Crippen MR) is 162 cm³/mol. The molecule has 2 aromatic carbocycles. The lowest BCUT2D eigenvalue weighted by molar-refractivity contribution is -0.156. The Hall–Kier alpha value is -4.29. The smallest absolute Gasteiger partial charge is 0.332 e. The fourth-order valence-electron chi connectivity index (χ4n) is 6.23. The molecule has 1 saturated carbocycles. The molecule has 4 aromatic rings. The van der Waals surface area contributed by atoms with Crippen LogP contribution in [0.4, 0.5) is 4.39 Å². The number of hydrogen-bond donors (Lipinski definition) is 1. The monoisotopic (exact) mass is 584 g/mol. The summed E-state index contributed by atoms with van der Waals surface area (Å²) in [6, 6.07) is 15.8. The van der Waals surface area contributed by atoms with Crippen LogP contribution < -0.4 is 5.56 Å². The Kier molecular flexibility index (Phi) is 9.37. The molecule has 5 rings (SSSR count). The molecule has 1 fully saturated rings. The van der Waals surface area contributed by atoms with E-state index in [1.807, 2.05) is 21.2 Å². The van der Waals surface area contributed by atoms with E-state index >= 15 is 4.39 Å². The van der Waals surface area contributed by atoms with Crippen LogP contribution in [0.2, 0.25) is 0 Å². The van der Waals surface area contributed by atoms with E-state index in [0.29, 0.717) is 66.3 Å². The molecule has 2 aromatic heterocycles. The molecule has 8 nitrogen and oxygen atoms in total. The number of nitriles is 1. The number of aryl methyl sites for hydroxylation is 1. The van der Waals surface area contributed by atoms with Crippen molar-refractivity contribution >= 4 is 11.6 Å². The highest BCUT2D eigenvalue weighted by molar-refractivity contribution is 5.72. The second-order valence-electron chi connectivity index (χ2n) is 11.3. The minimum atomic E-state index is -0.951. The Bertz CT molecular complexity index is 1710. The SMILES string of the molecule is CCCCc1c(Cc2ccc(-c3ccccc3C#N)c(F)c2)c(=O)n([C@H]2CC[C@H](OC(CC)C(=O)O)CC2)c2ccnn12. The Morgan fingerprint density at radius 2 is 1.91 bits per heavy atom. The molecule has 0 saturated heterocycles. The van der Waals surface area contributed by atoms with Crippen LogP contribution >= 0.6 is 0 Å². The van der Waals surface area contributed by atoms with Gasteiger partial charge in [0.2, 0.25) is 0 Å². The lowest BCUT2D eigenvalue weighted by atomic mass is 9.92. The van der Waals surface area contributed by atoms with Crippen molar-refractivity contribution in [3.05, 3.63) is 93.3 Å². The van der Waals surface area contributed by atoms with Crippen molar-refractivity contribution < 1.29 is 19.0 Å². The number of benzene rings is 2. The molecule has 2 heterocycles. The van der Waals surface area contributed by atoms with E-state index in [2.05, 4.69) is 18.1 Å². The van der Waals surface area contributed by atoms with Gasteiger partial charge in [-0.25, -0.2) is 13.7 Å². The topological polar surface area (TPSA) is 110 Å². The number of nitrogens with zero attached hydrogens (tertiary/aromatic N) is 4. The van der Waals surface area contributed by atoms with Gasteiger partial charge in [0.05, 0.1) is 29.6 Å². The summed E-state index contributed by atoms with van der Waals surface area (Å²) in [5, 5.41) is 23.5. The Morgan fingerprint density at radius 1 is 1.14 bits per heavy atom. The summed E-state index contributed by atoms with van der Waals surface area (Å²) in [4.78, 5) is 25.8. The number of hydrogen-bond acceptors (Lipinski definition) is 5. The average Bonchev–Trinajstić information content (AvgIpc) is 3.49. The number of carbonyl (C=O) groups is 1. The zero-order valence-electron chi connectivity index (χ0n) is 24.6. The maximum atomic E-state index is 15.5. The fraction of sp³-hybridized carbons (Fsp3) is 0.412. The van der Waals surface area contributed by atoms with Crippen LogP contribution in [-0.2, 0) is 22.4 Å². The van der Waals surface area contributed by atoms with Crippen molar-refractivity contribution in [1.29, 1.82) is 5.26 Å². The zero-order valence-corrected chi connectivity index (χ0v) is 24.6. The lowest BCUT2D eigenvalue weighted by Crippen LogP contribution is -2.36. The molecule has 9 heteroatoms. The summed E-state index contributed by atoms with van der Waals surface area (Å²) in [7, 11) is 0. The third-order valence-corrected chi connectivity index (χ3v) is 8.48. The van der Waals surface area contributed by atoms with Crippen LogP contribution in [-0.4, -0.2) is 37.5 Å². The van der Waals surface area contributed by atoms with Crippen molar-refractivity contribution in [3.8, 4) is 17.2 Å². The van der Waals surface area contributed by atoms with E-state index in [1.165, 1.54) is 6.07 Å². The van der Waals surface area contributed by atoms with Gasteiger partial charge < -0.3 is 9.84 Å². The molecule has 0 spiro atoms. The quantitative estimate of drug-likeness (QED) is 0.216. The first-order valence-corrected chi connectivity index (χ1v) is 15.1. The summed E-state index contributed by atoms with van der Waals surface area (Å²) in [6.07, 6.45) is 6.55. The number of fused-ring (bicyclic) bond motifs is 1. The fourth-order valence-corrected chi connectivity index (χ4v) is 6.23. The van der Waals surface area contributed by atoms with Crippen molar-refractivity contribution in [3.63, 3.8) is 0 Å². The highest BCUT2D eigenvalue weighted by Crippen LogP contribution is 2.32. The second-order valence-corrected chi connectivity index (χ2v) is 11.3. The van der Waals surface area contributed by atoms with Crippen molar-refractivity contribution in [2.45, 2.75) is 89.9 Å². The minimum absolute atomic E-state index is 0.0861. The van der Waals surface area contributed by atoms with Gasteiger partial charge in [0.25, 0.3) is 5.56 Å². The number of unbranched alkanes of at least 4 members (excludes halogenated alkanes) is 1. The van der Waals surface area contributed by atoms with E-state index in [9.17, 15) is 20.0 Å². The van der Waals surface area contributed by atoms with E-state index in [1.54, 1.807) is 43.5 Å². The van der Waals surface area contributed by atoms with Gasteiger partial charge in [0, 0.05) is 35.2 Å². The summed E-state index contributed by atoms with van der Waals surface area (Å²) >= 11 is 0. The molecule has 1 unspecified atom stereocenters. The first kappa shape index (κ1) is 30.2. The molecule has 1 aliphatic rings. The molecule has 224 valence electrons. The van der Waals surface area contributed by atoms with Gasteiger partial charge in [-0.05, 0) is 62.6 Å². The molecule has 1 N–H and O–H groups in total. The Morgan fingerprint density at radius 3 is 2.58 bits per heavy atom. The lowest BCUT2D eigenvalue weighted by Gasteiger charge is -2.32. The molecule has 0 amide bonds. The molecule has 0 bridgehead atoms. The summed E-state index contributed by atoms with van der Waals surface area (Å²) in [5.41, 5.74) is 4.02. The predicted octanol–water partition coefficient (Wildman–Crippen LogP) is 6.47. The van der Waals surface area contributed by atoms with Crippen LogP contribution in [0.25, 0.3) is 16.8 Å². The van der Waals surface area contributed by atoms with Crippen molar-refractivity contribution in [1.82, 2.24) is 14.2 Å². The molecule has 0 radical (unpaired) electrons. The summed E-state index contributed by atoms with van der Waals surface area (Å²) in [6.45, 7) is 3.90. The van der Waals surface area contributed by atoms with Gasteiger partial charge >= 0.3 is 5.97 Å². The molecule has 0 aliphatic heterocycles. The Labute approximate surface area is 250 Å². The maximum Gasteiger partial charge on any atom is 0.332 e. The van der Waals surface area contributed by atoms with Gasteiger partial charge in [0.15, 0.2) is 6.10 Å². The van der Waals surface area contributed by atoms with Gasteiger partial charge in [0.1, 0.15) is 11.5 Å². The van der Waals surface area contributed by atoms with Crippen LogP contribution in [0, 0.1) is 17.1 Å². The molecule has 43 heavy (non-hydrogen) atoms. The Balaban J connectivity index is 1.49. The molecular weight excluding hydrogens is 547 g/mol. The van der Waals surface area contributed by atoms with Crippen LogP contribution in [0.3, 0.4) is 0 Å². The average molecular weight is 585 g/mol. The first-order chi connectivity index (χ1) is 20.9. The van der Waals surface area contributed by atoms with Gasteiger partial charge in [-0.1, -0.05) is 50.6 Å². The standard InChI is InChI=1S/C34H37FN4O4/c1-3-5-10-30-28(19-22-11-16-27(29(35)20-22)26-9-7-6-8-23(26)21-36)33(40)38(32-17-18-37-39(30)32)24-12-14-25(15-13-24)43-31(4-2)34(41)42/h6-9,11,16-18,20,24-25,31H,3-5,10,12-15,19H2,1-2H3,(H,41,42)/t24-,25-,31?. The maximum absolute atomic E-state index is 15.5. The number of ether oxygens (including phenoxy) is 1. The van der Waals surface area contributed by atoms with Crippen LogP contribution in [0.5, 0.6) is 0 Å². The number of aliphatic carboxylic acids is 1. The van der Waals surface area contributed by atoms with Crippen molar-refractivity contribution in [2.75, 3.05) is 0 Å². The largest absolute Gasteiger partial charge is 0.479 e. The van der Waals surface area contributed by atoms with Crippen LogP contribution in [0.1, 0.15) is 87.2 Å². The third kappa shape index (κ3) is 6.25. The third-order valence-electron chi connectivity index (χ3n) is 8.48. The van der Waals surface area contributed by atoms with E-state index in [4.69, 9.17) is 4.74 Å². The molecular formula is C34H37FN4O4. The summed E-state index contributed by atoms with van der Waals surface area (Å²) in [5.74, 6) is -1.39. The molecule has 1 atom stereocenters. The van der Waals surface area contributed by atoms with Crippen LogP contribution in [0.15, 0.2) is 59.5 Å². The molecule has 1 aliphatic carbocycles. The number of aromatic nitrogens is 3. The highest BCUT2D eigenvalue weighted by Gasteiger charge is 2.30. The summed E-state index contributed by atoms with van der Waals surface area (Å²) < 4.78 is 25.0. The number of rotatable bonds is 11. The van der Waals surface area contributed by atoms with Gasteiger partial charge in [-0.2, -0.15) is 10.4 Å². The van der Waals surface area contributed by atoms with E-state index in [0.717, 1.165) is 24.2 Å². The number of carboxylic acids is 1. The van der Waals surface area contributed by atoms with Gasteiger partial charge in [-0.15, -0.1) is 0 Å². The second kappa shape index (κ2) is 13.3. The number of carboxylic acid groups (broad SMARTS) is 1. The highest BCUT2D eigenvalue weighted by atomic mass is 19.1. The van der Waals surface area contributed by atoms with Crippen molar-refractivity contribution in [2.24, 2.45) is 0 Å². The van der Waals surface area contributed by atoms with E-state index in [-0.39, 0.29) is 24.1 Å². The van der Waals surface area contributed by atoms with E-state index < -0.39 is 17.9 Å². The minimum Gasteiger partial charge on any atom is -0.479 e. The van der Waals surface area contributed by atoms with Gasteiger partial charge in [-0.3, -0.25) is 9.36 Å². The number of halogens is 1.